The molecule has 0 bridgehead atoms. The van der Waals surface area contributed by atoms with Crippen molar-refractivity contribution >= 4 is 5.96 Å². The second-order valence-corrected chi connectivity index (χ2v) is 6.68. The van der Waals surface area contributed by atoms with Gasteiger partial charge in [-0.1, -0.05) is 57.0 Å². The van der Waals surface area contributed by atoms with Crippen molar-refractivity contribution in [1.82, 2.24) is 15.3 Å². The summed E-state index contributed by atoms with van der Waals surface area (Å²) in [6.45, 7) is 7.09. The third-order valence-electron chi connectivity index (χ3n) is 3.93. The number of hydrogen-bond donors (Lipinski definition) is 3. The van der Waals surface area contributed by atoms with Gasteiger partial charge in [0.05, 0.1) is 11.9 Å². The average Bonchev–Trinajstić information content (AvgIpc) is 3.02. The maximum absolute atomic E-state index is 5.97. The summed E-state index contributed by atoms with van der Waals surface area (Å²) < 4.78 is 0. The van der Waals surface area contributed by atoms with Crippen LogP contribution in [0.3, 0.4) is 0 Å². The maximum Gasteiger partial charge on any atom is 0.189 e. The molecule has 2 aromatic rings. The molecule has 2 rings (SSSR count). The third kappa shape index (κ3) is 6.07. The van der Waals surface area contributed by atoms with Gasteiger partial charge in [0, 0.05) is 6.04 Å². The molecule has 0 spiro atoms. The summed E-state index contributed by atoms with van der Waals surface area (Å²) >= 11 is 0. The highest BCUT2D eigenvalue weighted by Gasteiger charge is 2.05. The Kier molecular flexibility index (Phi) is 6.85. The van der Waals surface area contributed by atoms with Gasteiger partial charge < -0.3 is 16.0 Å². The number of guanidine groups is 1. The average molecular weight is 327 g/mol. The van der Waals surface area contributed by atoms with Crippen LogP contribution < -0.4 is 11.1 Å². The van der Waals surface area contributed by atoms with Crippen LogP contribution in [0.1, 0.15) is 45.9 Å². The van der Waals surface area contributed by atoms with E-state index in [-0.39, 0.29) is 0 Å². The Hall–Kier alpha value is -2.30. The zero-order valence-corrected chi connectivity index (χ0v) is 14.9. The molecule has 1 heterocycles. The molecular formula is C19H29N5. The number of aromatic amines is 1. The number of nitrogens with zero attached hydrogens (tertiary/aromatic N) is 2. The molecule has 1 atom stereocenters. The summed E-state index contributed by atoms with van der Waals surface area (Å²) in [6, 6.07) is 10.5. The van der Waals surface area contributed by atoms with Gasteiger partial charge in [0.15, 0.2) is 5.96 Å². The molecular weight excluding hydrogens is 298 g/mol. The van der Waals surface area contributed by atoms with Crippen LogP contribution >= 0.6 is 0 Å². The van der Waals surface area contributed by atoms with Crippen molar-refractivity contribution in [1.29, 1.82) is 0 Å². The fourth-order valence-corrected chi connectivity index (χ4v) is 2.57. The molecule has 0 aliphatic carbocycles. The molecule has 0 amide bonds. The second kappa shape index (κ2) is 9.11. The Morgan fingerprint density at radius 1 is 1.21 bits per heavy atom. The minimum Gasteiger partial charge on any atom is -0.370 e. The molecule has 0 fully saturated rings. The number of hydrogen-bond acceptors (Lipinski definition) is 2. The zero-order chi connectivity index (χ0) is 17.4. The van der Waals surface area contributed by atoms with Gasteiger partial charge in [-0.25, -0.2) is 9.98 Å². The zero-order valence-electron chi connectivity index (χ0n) is 14.9. The Bertz CT molecular complexity index is 630. The minimum atomic E-state index is 0.337. The van der Waals surface area contributed by atoms with Gasteiger partial charge in [-0.05, 0) is 24.8 Å². The molecule has 1 aromatic carbocycles. The highest BCUT2D eigenvalue weighted by Crippen LogP contribution is 2.16. The Labute approximate surface area is 144 Å². The largest absolute Gasteiger partial charge is 0.370 e. The molecule has 5 heteroatoms. The molecule has 24 heavy (non-hydrogen) atoms. The number of aliphatic imine (C=N–C) groups is 1. The van der Waals surface area contributed by atoms with Gasteiger partial charge in [-0.3, -0.25) is 0 Å². The fraction of sp³-hybridized carbons (Fsp3) is 0.474. The predicted molar refractivity (Wildman–Crippen MR) is 101 cm³/mol. The number of nitrogens with one attached hydrogen (secondary N) is 2. The van der Waals surface area contributed by atoms with Crippen molar-refractivity contribution in [3.63, 3.8) is 0 Å². The Morgan fingerprint density at radius 3 is 2.67 bits per heavy atom. The summed E-state index contributed by atoms with van der Waals surface area (Å²) in [7, 11) is 0. The highest BCUT2D eigenvalue weighted by molar-refractivity contribution is 5.78. The molecule has 0 saturated heterocycles. The first kappa shape index (κ1) is 18.0. The van der Waals surface area contributed by atoms with Crippen molar-refractivity contribution in [3.05, 3.63) is 42.4 Å². The number of benzene rings is 1. The lowest BCUT2D eigenvalue weighted by Crippen LogP contribution is -2.38. The SMILES string of the molecule is CC(C)CCCC(C)NC(N)=NCc1ncc(-c2ccccc2)[nH]1. The standard InChI is InChI=1S/C19H29N5/c1-14(2)8-7-9-15(3)23-19(20)22-13-18-21-12-17(24-18)16-10-5-4-6-11-16/h4-6,10-12,14-15H,7-9,13H2,1-3H3,(H,21,24)(H3,20,22,23). The number of aromatic nitrogens is 2. The van der Waals surface area contributed by atoms with Crippen molar-refractivity contribution in [2.24, 2.45) is 16.6 Å². The lowest BCUT2D eigenvalue weighted by molar-refractivity contribution is 0.493. The first-order valence-electron chi connectivity index (χ1n) is 8.70. The number of nitrogens with two attached hydrogens (primary N) is 1. The Balaban J connectivity index is 1.81. The van der Waals surface area contributed by atoms with Crippen LogP contribution in [0.15, 0.2) is 41.5 Å². The van der Waals surface area contributed by atoms with E-state index in [0.717, 1.165) is 29.4 Å². The van der Waals surface area contributed by atoms with E-state index in [9.17, 15) is 0 Å². The molecule has 0 aliphatic rings. The normalized spacial score (nSPS) is 13.2. The van der Waals surface area contributed by atoms with Crippen LogP contribution in [-0.4, -0.2) is 22.0 Å². The molecule has 0 aliphatic heterocycles. The van der Waals surface area contributed by atoms with E-state index in [1.807, 2.05) is 24.4 Å². The van der Waals surface area contributed by atoms with Crippen molar-refractivity contribution in [3.8, 4) is 11.3 Å². The minimum absolute atomic E-state index is 0.337. The van der Waals surface area contributed by atoms with Gasteiger partial charge >= 0.3 is 0 Å². The molecule has 5 nitrogen and oxygen atoms in total. The van der Waals surface area contributed by atoms with E-state index in [4.69, 9.17) is 5.73 Å². The van der Waals surface area contributed by atoms with Crippen LogP contribution in [-0.2, 0) is 6.54 Å². The van der Waals surface area contributed by atoms with E-state index in [1.165, 1.54) is 12.8 Å². The van der Waals surface area contributed by atoms with Crippen LogP contribution in [0.2, 0.25) is 0 Å². The van der Waals surface area contributed by atoms with Gasteiger partial charge in [-0.15, -0.1) is 0 Å². The first-order chi connectivity index (χ1) is 11.5. The van der Waals surface area contributed by atoms with Crippen LogP contribution in [0.4, 0.5) is 0 Å². The van der Waals surface area contributed by atoms with E-state index in [1.54, 1.807) is 0 Å². The number of rotatable bonds is 8. The smallest absolute Gasteiger partial charge is 0.189 e. The summed E-state index contributed by atoms with van der Waals surface area (Å²) in [5, 5.41) is 3.25. The molecule has 0 radical (unpaired) electrons. The maximum atomic E-state index is 5.97. The summed E-state index contributed by atoms with van der Waals surface area (Å²) in [5.74, 6) is 2.04. The number of imidazole rings is 1. The molecule has 4 N–H and O–H groups in total. The molecule has 1 unspecified atom stereocenters. The molecule has 1 aromatic heterocycles. The Morgan fingerprint density at radius 2 is 1.96 bits per heavy atom. The summed E-state index contributed by atoms with van der Waals surface area (Å²) in [4.78, 5) is 12.0. The quantitative estimate of drug-likeness (QED) is 0.511. The van der Waals surface area contributed by atoms with Crippen LogP contribution in [0.25, 0.3) is 11.3 Å². The van der Waals surface area contributed by atoms with E-state index in [2.05, 4.69) is 53.2 Å². The second-order valence-electron chi connectivity index (χ2n) is 6.68. The number of H-pyrrole nitrogens is 1. The monoisotopic (exact) mass is 327 g/mol. The molecule has 0 saturated carbocycles. The van der Waals surface area contributed by atoms with Crippen molar-refractivity contribution in [2.45, 2.75) is 52.6 Å². The lowest BCUT2D eigenvalue weighted by Gasteiger charge is -2.14. The van der Waals surface area contributed by atoms with E-state index >= 15 is 0 Å². The van der Waals surface area contributed by atoms with Gasteiger partial charge in [0.1, 0.15) is 12.4 Å². The van der Waals surface area contributed by atoms with Gasteiger partial charge in [0.2, 0.25) is 0 Å². The van der Waals surface area contributed by atoms with Crippen LogP contribution in [0.5, 0.6) is 0 Å². The van der Waals surface area contributed by atoms with Gasteiger partial charge in [0.25, 0.3) is 0 Å². The van der Waals surface area contributed by atoms with E-state index < -0.39 is 0 Å². The fourth-order valence-electron chi connectivity index (χ4n) is 2.57. The third-order valence-corrected chi connectivity index (χ3v) is 3.93. The van der Waals surface area contributed by atoms with Crippen LogP contribution in [0, 0.1) is 5.92 Å². The van der Waals surface area contributed by atoms with Crippen molar-refractivity contribution < 1.29 is 0 Å². The topological polar surface area (TPSA) is 79.1 Å². The highest BCUT2D eigenvalue weighted by atomic mass is 15.1. The lowest BCUT2D eigenvalue weighted by atomic mass is 10.0. The first-order valence-corrected chi connectivity index (χ1v) is 8.70. The molecule has 130 valence electrons. The van der Waals surface area contributed by atoms with Gasteiger partial charge in [-0.2, -0.15) is 0 Å². The van der Waals surface area contributed by atoms with Crippen molar-refractivity contribution in [2.75, 3.05) is 0 Å². The predicted octanol–water partition coefficient (Wildman–Crippen LogP) is 3.70. The summed E-state index contributed by atoms with van der Waals surface area (Å²) in [5.41, 5.74) is 8.08. The van der Waals surface area contributed by atoms with E-state index in [0.29, 0.717) is 18.5 Å². The summed E-state index contributed by atoms with van der Waals surface area (Å²) in [6.07, 6.45) is 5.39.